The highest BCUT2D eigenvalue weighted by Crippen LogP contribution is 2.28. The number of fused-ring (bicyclic) bond motifs is 1. The van der Waals surface area contributed by atoms with Crippen molar-refractivity contribution in [2.75, 3.05) is 6.61 Å². The predicted molar refractivity (Wildman–Crippen MR) is 65.0 cm³/mol. The first kappa shape index (κ1) is 10.4. The first-order valence-corrected chi connectivity index (χ1v) is 5.86. The second-order valence-corrected chi connectivity index (χ2v) is 4.36. The molecule has 2 heterocycles. The average Bonchev–Trinajstić information content (AvgIpc) is 2.97. The van der Waals surface area contributed by atoms with Crippen LogP contribution < -0.4 is 10.5 Å². The fourth-order valence-corrected chi connectivity index (χ4v) is 2.20. The number of rotatable bonds is 3. The summed E-state index contributed by atoms with van der Waals surface area (Å²) in [5.41, 5.74) is 8.59. The van der Waals surface area contributed by atoms with Crippen molar-refractivity contribution < 1.29 is 9.15 Å². The van der Waals surface area contributed by atoms with Crippen molar-refractivity contribution in [2.24, 2.45) is 5.73 Å². The molecule has 0 saturated heterocycles. The van der Waals surface area contributed by atoms with E-state index in [1.54, 1.807) is 6.26 Å². The van der Waals surface area contributed by atoms with Crippen molar-refractivity contribution in [3.8, 4) is 5.75 Å². The molecule has 0 amide bonds. The Morgan fingerprint density at radius 2 is 2.24 bits per heavy atom. The lowest BCUT2D eigenvalue weighted by Gasteiger charge is -2.11. The summed E-state index contributed by atoms with van der Waals surface area (Å²) in [6.07, 6.45) is 3.39. The van der Waals surface area contributed by atoms with Crippen LogP contribution in [0.3, 0.4) is 0 Å². The quantitative estimate of drug-likeness (QED) is 0.879. The molecule has 0 aliphatic carbocycles. The highest BCUT2D eigenvalue weighted by Gasteiger charge is 2.15. The third kappa shape index (κ3) is 2.06. The smallest absolute Gasteiger partial charge is 0.122 e. The molecule has 1 aliphatic heterocycles. The number of hydrogen-bond acceptors (Lipinski definition) is 3. The third-order valence-electron chi connectivity index (χ3n) is 3.14. The van der Waals surface area contributed by atoms with Crippen molar-refractivity contribution in [1.82, 2.24) is 0 Å². The largest absolute Gasteiger partial charge is 0.493 e. The van der Waals surface area contributed by atoms with Crippen LogP contribution in [-0.2, 0) is 12.8 Å². The van der Waals surface area contributed by atoms with E-state index in [2.05, 4.69) is 6.07 Å². The Labute approximate surface area is 100 Å². The van der Waals surface area contributed by atoms with E-state index in [-0.39, 0.29) is 6.04 Å². The second kappa shape index (κ2) is 4.26. The maximum absolute atomic E-state index is 6.18. The molecule has 2 aromatic rings. The zero-order valence-corrected chi connectivity index (χ0v) is 9.56. The zero-order valence-electron chi connectivity index (χ0n) is 9.56. The summed E-state index contributed by atoms with van der Waals surface area (Å²) < 4.78 is 10.8. The van der Waals surface area contributed by atoms with Gasteiger partial charge in [0.2, 0.25) is 0 Å². The van der Waals surface area contributed by atoms with Gasteiger partial charge >= 0.3 is 0 Å². The summed E-state index contributed by atoms with van der Waals surface area (Å²) in [7, 11) is 0. The van der Waals surface area contributed by atoms with Crippen LogP contribution in [0.4, 0.5) is 0 Å². The molecular weight excluding hydrogens is 214 g/mol. The summed E-state index contributed by atoms with van der Waals surface area (Å²) in [4.78, 5) is 0. The summed E-state index contributed by atoms with van der Waals surface area (Å²) in [6, 6.07) is 10.0. The molecule has 0 saturated carbocycles. The van der Waals surface area contributed by atoms with E-state index < -0.39 is 0 Å². The highest BCUT2D eigenvalue weighted by atomic mass is 16.5. The average molecular weight is 229 g/mol. The van der Waals surface area contributed by atoms with E-state index in [1.165, 1.54) is 5.56 Å². The molecule has 3 heteroatoms. The van der Waals surface area contributed by atoms with E-state index in [0.717, 1.165) is 36.5 Å². The van der Waals surface area contributed by atoms with Gasteiger partial charge in [-0.25, -0.2) is 0 Å². The maximum atomic E-state index is 6.18. The van der Waals surface area contributed by atoms with Gasteiger partial charge < -0.3 is 14.9 Å². The molecule has 0 radical (unpaired) electrons. The molecule has 17 heavy (non-hydrogen) atoms. The van der Waals surface area contributed by atoms with Crippen LogP contribution in [0.15, 0.2) is 41.0 Å². The maximum Gasteiger partial charge on any atom is 0.122 e. The molecule has 1 aromatic carbocycles. The highest BCUT2D eigenvalue weighted by molar-refractivity contribution is 5.40. The number of furan rings is 1. The lowest BCUT2D eigenvalue weighted by atomic mass is 10.00. The van der Waals surface area contributed by atoms with E-state index in [4.69, 9.17) is 14.9 Å². The molecule has 3 nitrogen and oxygen atoms in total. The van der Waals surface area contributed by atoms with Crippen LogP contribution >= 0.6 is 0 Å². The number of benzene rings is 1. The Kier molecular flexibility index (Phi) is 2.61. The molecule has 1 atom stereocenters. The van der Waals surface area contributed by atoms with Crippen LogP contribution in [0.25, 0.3) is 0 Å². The molecule has 3 rings (SSSR count). The molecular formula is C14H15NO2. The minimum absolute atomic E-state index is 0.0213. The number of nitrogens with two attached hydrogens (primary N) is 1. The van der Waals surface area contributed by atoms with Crippen LogP contribution in [-0.4, -0.2) is 6.61 Å². The van der Waals surface area contributed by atoms with Gasteiger partial charge in [-0.1, -0.05) is 12.1 Å². The van der Waals surface area contributed by atoms with Crippen LogP contribution in [0.2, 0.25) is 0 Å². The monoisotopic (exact) mass is 229 g/mol. The van der Waals surface area contributed by atoms with Crippen LogP contribution in [0.1, 0.15) is 22.9 Å². The first-order valence-electron chi connectivity index (χ1n) is 5.86. The molecule has 1 aromatic heterocycles. The predicted octanol–water partition coefficient (Wildman–Crippen LogP) is 2.46. The Bertz CT molecular complexity index is 505. The topological polar surface area (TPSA) is 48.4 Å². The molecule has 0 spiro atoms. The van der Waals surface area contributed by atoms with Gasteiger partial charge in [0.25, 0.3) is 0 Å². The molecule has 2 N–H and O–H groups in total. The molecule has 0 fully saturated rings. The van der Waals surface area contributed by atoms with Crippen molar-refractivity contribution in [3.05, 3.63) is 53.5 Å². The summed E-state index contributed by atoms with van der Waals surface area (Å²) in [5.74, 6) is 1.92. The SMILES string of the molecule is NC(Cc1ccco1)c1ccc2c(c1)CCO2. The summed E-state index contributed by atoms with van der Waals surface area (Å²) in [5, 5.41) is 0. The van der Waals surface area contributed by atoms with Gasteiger partial charge in [-0.15, -0.1) is 0 Å². The summed E-state index contributed by atoms with van der Waals surface area (Å²) in [6.45, 7) is 0.784. The van der Waals surface area contributed by atoms with E-state index in [1.807, 2.05) is 24.3 Å². The lowest BCUT2D eigenvalue weighted by molar-refractivity contribution is 0.357. The number of hydrogen-bond donors (Lipinski definition) is 1. The minimum atomic E-state index is -0.0213. The Morgan fingerprint density at radius 3 is 3.06 bits per heavy atom. The Balaban J connectivity index is 1.79. The van der Waals surface area contributed by atoms with Gasteiger partial charge in [0.05, 0.1) is 12.9 Å². The Morgan fingerprint density at radius 1 is 1.29 bits per heavy atom. The van der Waals surface area contributed by atoms with Crippen LogP contribution in [0.5, 0.6) is 5.75 Å². The van der Waals surface area contributed by atoms with Gasteiger partial charge in [0, 0.05) is 18.9 Å². The Hall–Kier alpha value is -1.74. The minimum Gasteiger partial charge on any atom is -0.493 e. The van der Waals surface area contributed by atoms with Gasteiger partial charge in [0.15, 0.2) is 0 Å². The van der Waals surface area contributed by atoms with Crippen LogP contribution in [0, 0.1) is 0 Å². The van der Waals surface area contributed by atoms with Crippen molar-refractivity contribution >= 4 is 0 Å². The van der Waals surface area contributed by atoms with E-state index in [0.29, 0.717) is 0 Å². The molecule has 1 aliphatic rings. The van der Waals surface area contributed by atoms with Gasteiger partial charge in [0.1, 0.15) is 11.5 Å². The van der Waals surface area contributed by atoms with Crippen molar-refractivity contribution in [1.29, 1.82) is 0 Å². The first-order chi connectivity index (χ1) is 8.33. The zero-order chi connectivity index (χ0) is 11.7. The van der Waals surface area contributed by atoms with Crippen molar-refractivity contribution in [3.63, 3.8) is 0 Å². The number of ether oxygens (including phenoxy) is 1. The summed E-state index contributed by atoms with van der Waals surface area (Å²) >= 11 is 0. The van der Waals surface area contributed by atoms with Gasteiger partial charge in [-0.3, -0.25) is 0 Å². The standard InChI is InChI=1S/C14H15NO2/c15-13(9-12-2-1-6-16-12)10-3-4-14-11(8-10)5-7-17-14/h1-4,6,8,13H,5,7,9,15H2. The second-order valence-electron chi connectivity index (χ2n) is 4.36. The van der Waals surface area contributed by atoms with Gasteiger partial charge in [-0.05, 0) is 29.3 Å². The van der Waals surface area contributed by atoms with Crippen molar-refractivity contribution in [2.45, 2.75) is 18.9 Å². The van der Waals surface area contributed by atoms with E-state index >= 15 is 0 Å². The van der Waals surface area contributed by atoms with Gasteiger partial charge in [-0.2, -0.15) is 0 Å². The fraction of sp³-hybridized carbons (Fsp3) is 0.286. The van der Waals surface area contributed by atoms with E-state index in [9.17, 15) is 0 Å². The molecule has 1 unspecified atom stereocenters. The normalized spacial score (nSPS) is 15.4. The molecule has 0 bridgehead atoms. The lowest BCUT2D eigenvalue weighted by Crippen LogP contribution is -2.13. The fourth-order valence-electron chi connectivity index (χ4n) is 2.20. The molecule has 88 valence electrons. The third-order valence-corrected chi connectivity index (χ3v) is 3.14.